The number of hydrogen-bond acceptors (Lipinski definition) is 5. The molecule has 0 unspecified atom stereocenters. The number of rotatable bonds is 5. The smallest absolute Gasteiger partial charge is 0.234 e. The van der Waals surface area contributed by atoms with Crippen LogP contribution in [-0.4, -0.2) is 31.9 Å². The van der Waals surface area contributed by atoms with Crippen LogP contribution in [0.4, 0.5) is 5.69 Å². The van der Waals surface area contributed by atoms with E-state index in [0.29, 0.717) is 5.16 Å². The Hall–Kier alpha value is -2.67. The molecule has 0 bridgehead atoms. The van der Waals surface area contributed by atoms with E-state index in [2.05, 4.69) is 48.5 Å². The van der Waals surface area contributed by atoms with E-state index >= 15 is 0 Å². The number of benzene rings is 2. The van der Waals surface area contributed by atoms with Gasteiger partial charge in [0.2, 0.25) is 11.1 Å². The number of aryl methyl sites for hydroxylation is 2. The molecule has 3 aromatic rings. The second-order valence-electron chi connectivity index (χ2n) is 7.81. The van der Waals surface area contributed by atoms with Crippen LogP contribution in [-0.2, 0) is 10.2 Å². The number of amides is 1. The van der Waals surface area contributed by atoms with Gasteiger partial charge in [-0.3, -0.25) is 4.79 Å². The molecular weight excluding hydrogens is 370 g/mol. The van der Waals surface area contributed by atoms with Crippen molar-refractivity contribution in [1.82, 2.24) is 20.2 Å². The van der Waals surface area contributed by atoms with Gasteiger partial charge in [0.25, 0.3) is 0 Å². The molecule has 1 heterocycles. The van der Waals surface area contributed by atoms with Crippen molar-refractivity contribution >= 4 is 23.4 Å². The van der Waals surface area contributed by atoms with E-state index < -0.39 is 0 Å². The van der Waals surface area contributed by atoms with Crippen LogP contribution in [0.5, 0.6) is 0 Å². The average Bonchev–Trinajstić information content (AvgIpc) is 3.10. The van der Waals surface area contributed by atoms with Gasteiger partial charge in [-0.25, -0.2) is 0 Å². The molecule has 0 fully saturated rings. The standard InChI is InChI=1S/C21H25N5OS/c1-14-6-11-18(12-15(14)2)26-20(23-24-25-26)28-13-19(27)22-17-9-7-16(8-10-17)21(3,4)5/h6-12H,13H2,1-5H3,(H,22,27). The van der Waals surface area contributed by atoms with E-state index in [1.54, 1.807) is 4.68 Å². The topological polar surface area (TPSA) is 72.7 Å². The fourth-order valence-electron chi connectivity index (χ4n) is 2.67. The lowest BCUT2D eigenvalue weighted by Crippen LogP contribution is -2.15. The fourth-order valence-corrected chi connectivity index (χ4v) is 3.36. The zero-order chi connectivity index (χ0) is 20.3. The molecule has 7 heteroatoms. The minimum absolute atomic E-state index is 0.0871. The number of tetrazole rings is 1. The Morgan fingerprint density at radius 2 is 1.79 bits per heavy atom. The van der Waals surface area contributed by atoms with Crippen LogP contribution in [0.3, 0.4) is 0 Å². The van der Waals surface area contributed by atoms with Gasteiger partial charge in [0.1, 0.15) is 0 Å². The Balaban J connectivity index is 1.63. The van der Waals surface area contributed by atoms with Gasteiger partial charge >= 0.3 is 0 Å². The summed E-state index contributed by atoms with van der Waals surface area (Å²) in [6.07, 6.45) is 0. The average molecular weight is 396 g/mol. The molecule has 0 aliphatic heterocycles. The monoisotopic (exact) mass is 395 g/mol. The van der Waals surface area contributed by atoms with Crippen molar-refractivity contribution in [3.8, 4) is 5.69 Å². The van der Waals surface area contributed by atoms with Gasteiger partial charge in [0, 0.05) is 5.69 Å². The predicted octanol–water partition coefficient (Wildman–Crippen LogP) is 4.31. The molecule has 1 aromatic heterocycles. The highest BCUT2D eigenvalue weighted by Gasteiger charge is 2.14. The molecule has 0 saturated carbocycles. The molecular formula is C21H25N5OS. The largest absolute Gasteiger partial charge is 0.325 e. The van der Waals surface area contributed by atoms with Crippen LogP contribution in [0.25, 0.3) is 5.69 Å². The van der Waals surface area contributed by atoms with E-state index in [1.165, 1.54) is 28.5 Å². The van der Waals surface area contributed by atoms with Gasteiger partial charge in [-0.05, 0) is 70.6 Å². The van der Waals surface area contributed by atoms with Crippen molar-refractivity contribution in [1.29, 1.82) is 0 Å². The molecule has 0 aliphatic rings. The number of carbonyl (C=O) groups is 1. The van der Waals surface area contributed by atoms with Gasteiger partial charge < -0.3 is 5.32 Å². The Kier molecular flexibility index (Phi) is 5.84. The second-order valence-corrected chi connectivity index (χ2v) is 8.75. The van der Waals surface area contributed by atoms with Crippen LogP contribution in [0.15, 0.2) is 47.6 Å². The summed E-state index contributed by atoms with van der Waals surface area (Å²) in [7, 11) is 0. The number of nitrogens with zero attached hydrogens (tertiary/aromatic N) is 4. The van der Waals surface area contributed by atoms with Crippen molar-refractivity contribution < 1.29 is 4.79 Å². The molecule has 0 spiro atoms. The molecule has 3 rings (SSSR count). The van der Waals surface area contributed by atoms with Crippen molar-refractivity contribution in [2.24, 2.45) is 0 Å². The first-order chi connectivity index (χ1) is 13.2. The third-order valence-electron chi connectivity index (χ3n) is 4.54. The maximum absolute atomic E-state index is 12.3. The van der Waals surface area contributed by atoms with Gasteiger partial charge in [-0.15, -0.1) is 5.10 Å². The Morgan fingerprint density at radius 3 is 2.43 bits per heavy atom. The summed E-state index contributed by atoms with van der Waals surface area (Å²) in [6, 6.07) is 14.0. The number of aromatic nitrogens is 4. The van der Waals surface area contributed by atoms with Gasteiger partial charge in [0.15, 0.2) is 0 Å². The summed E-state index contributed by atoms with van der Waals surface area (Å²) >= 11 is 1.31. The normalized spacial score (nSPS) is 11.5. The summed E-state index contributed by atoms with van der Waals surface area (Å²) in [4.78, 5) is 12.3. The molecule has 1 N–H and O–H groups in total. The first-order valence-electron chi connectivity index (χ1n) is 9.13. The highest BCUT2D eigenvalue weighted by Crippen LogP contribution is 2.24. The quantitative estimate of drug-likeness (QED) is 0.652. The first kappa shape index (κ1) is 20.1. The van der Waals surface area contributed by atoms with Crippen LogP contribution < -0.4 is 5.32 Å². The number of thioether (sulfide) groups is 1. The summed E-state index contributed by atoms with van der Waals surface area (Å²) in [5.74, 6) is 0.134. The third kappa shape index (κ3) is 4.78. The molecule has 0 aliphatic carbocycles. The number of anilines is 1. The lowest BCUT2D eigenvalue weighted by atomic mass is 9.87. The van der Waals surface area contributed by atoms with Crippen molar-refractivity contribution in [2.45, 2.75) is 45.2 Å². The van der Waals surface area contributed by atoms with Gasteiger partial charge in [-0.1, -0.05) is 50.7 Å². The zero-order valence-electron chi connectivity index (χ0n) is 16.9. The summed E-state index contributed by atoms with van der Waals surface area (Å²) in [5.41, 5.74) is 5.36. The highest BCUT2D eigenvalue weighted by atomic mass is 32.2. The highest BCUT2D eigenvalue weighted by molar-refractivity contribution is 7.99. The summed E-state index contributed by atoms with van der Waals surface area (Å²) < 4.78 is 1.66. The minimum atomic E-state index is -0.0943. The van der Waals surface area contributed by atoms with Crippen molar-refractivity contribution in [3.63, 3.8) is 0 Å². The lowest BCUT2D eigenvalue weighted by molar-refractivity contribution is -0.113. The maximum atomic E-state index is 12.3. The fraction of sp³-hybridized carbons (Fsp3) is 0.333. The van der Waals surface area contributed by atoms with Crippen LogP contribution in [0, 0.1) is 13.8 Å². The molecule has 0 saturated heterocycles. The molecule has 146 valence electrons. The number of nitrogens with one attached hydrogen (secondary N) is 1. The first-order valence-corrected chi connectivity index (χ1v) is 10.1. The van der Waals surface area contributed by atoms with Crippen molar-refractivity contribution in [2.75, 3.05) is 11.1 Å². The van der Waals surface area contributed by atoms with E-state index in [1.807, 2.05) is 49.4 Å². The Bertz CT molecular complexity index is 973. The van der Waals surface area contributed by atoms with Crippen molar-refractivity contribution in [3.05, 3.63) is 59.2 Å². The molecule has 0 radical (unpaired) electrons. The van der Waals surface area contributed by atoms with E-state index in [-0.39, 0.29) is 17.1 Å². The zero-order valence-corrected chi connectivity index (χ0v) is 17.7. The Labute approximate surface area is 169 Å². The number of hydrogen-bond donors (Lipinski definition) is 1. The van der Waals surface area contributed by atoms with Crippen LogP contribution in [0.2, 0.25) is 0 Å². The minimum Gasteiger partial charge on any atom is -0.325 e. The lowest BCUT2D eigenvalue weighted by Gasteiger charge is -2.19. The molecule has 1 amide bonds. The third-order valence-corrected chi connectivity index (χ3v) is 5.46. The second kappa shape index (κ2) is 8.14. The van der Waals surface area contributed by atoms with Gasteiger partial charge in [-0.2, -0.15) is 4.68 Å². The molecule has 28 heavy (non-hydrogen) atoms. The van der Waals surface area contributed by atoms with E-state index in [9.17, 15) is 4.79 Å². The van der Waals surface area contributed by atoms with Gasteiger partial charge in [0.05, 0.1) is 11.4 Å². The Morgan fingerprint density at radius 1 is 1.07 bits per heavy atom. The molecule has 6 nitrogen and oxygen atoms in total. The molecule has 2 aromatic carbocycles. The van der Waals surface area contributed by atoms with E-state index in [4.69, 9.17) is 0 Å². The predicted molar refractivity (Wildman–Crippen MR) is 113 cm³/mol. The molecule has 0 atom stereocenters. The van der Waals surface area contributed by atoms with Crippen LogP contribution in [0.1, 0.15) is 37.5 Å². The summed E-state index contributed by atoms with van der Waals surface area (Å²) in [5, 5.41) is 15.4. The van der Waals surface area contributed by atoms with Crippen LogP contribution >= 0.6 is 11.8 Å². The maximum Gasteiger partial charge on any atom is 0.234 e. The number of carbonyl (C=O) groups excluding carboxylic acids is 1. The van der Waals surface area contributed by atoms with E-state index in [0.717, 1.165) is 11.4 Å². The SMILES string of the molecule is Cc1ccc(-n2nnnc2SCC(=O)Nc2ccc(C(C)(C)C)cc2)cc1C. The summed E-state index contributed by atoms with van der Waals surface area (Å²) in [6.45, 7) is 10.6.